The van der Waals surface area contributed by atoms with E-state index in [1.165, 1.54) is 24.5 Å². The normalized spacial score (nSPS) is 10.4. The van der Waals surface area contributed by atoms with Crippen LogP contribution in [0.2, 0.25) is 20.2 Å². The third-order valence-corrected chi connectivity index (χ3v) is 2.71. The lowest BCUT2D eigenvalue weighted by atomic mass is 10.3. The van der Waals surface area contributed by atoms with E-state index < -0.39 is 0 Å². The molecule has 7 heteroatoms. The fourth-order valence-corrected chi connectivity index (χ4v) is 2.14. The summed E-state index contributed by atoms with van der Waals surface area (Å²) in [4.78, 5) is 7.73. The van der Waals surface area contributed by atoms with E-state index >= 15 is 0 Å². The van der Waals surface area contributed by atoms with Crippen molar-refractivity contribution < 1.29 is 4.74 Å². The molecule has 3 nitrogen and oxygen atoms in total. The maximum absolute atomic E-state index is 5.95. The third kappa shape index (κ3) is 3.13. The van der Waals surface area contributed by atoms with E-state index in [1.54, 1.807) is 0 Å². The van der Waals surface area contributed by atoms with Crippen LogP contribution in [0.1, 0.15) is 0 Å². The molecule has 0 radical (unpaired) electrons. The fraction of sp³-hybridized carbons (Fsp3) is 0. The van der Waals surface area contributed by atoms with Gasteiger partial charge in [0.05, 0.1) is 22.4 Å². The second kappa shape index (κ2) is 5.27. The summed E-state index contributed by atoms with van der Waals surface area (Å²) in [6.07, 6.45) is 2.78. The van der Waals surface area contributed by atoms with Crippen molar-refractivity contribution in [1.82, 2.24) is 9.97 Å². The van der Waals surface area contributed by atoms with E-state index in [4.69, 9.17) is 51.1 Å². The maximum atomic E-state index is 5.95. The Hall–Kier alpha value is -0.740. The molecule has 0 fully saturated rings. The summed E-state index contributed by atoms with van der Waals surface area (Å²) in [5.74, 6) is 0.456. The van der Waals surface area contributed by atoms with Crippen molar-refractivity contribution >= 4 is 46.4 Å². The molecule has 1 heterocycles. The molecule has 0 unspecified atom stereocenters. The van der Waals surface area contributed by atoms with E-state index in [-0.39, 0.29) is 26.8 Å². The SMILES string of the molecule is Clc1cc(Cl)c(Oc2cncc(Cl)n2)c(Cl)c1. The lowest BCUT2D eigenvalue weighted by Crippen LogP contribution is -1.91. The molecular formula is C10H4Cl4N2O. The molecule has 0 aliphatic heterocycles. The molecule has 0 aliphatic rings. The van der Waals surface area contributed by atoms with Crippen molar-refractivity contribution in [2.24, 2.45) is 0 Å². The van der Waals surface area contributed by atoms with Gasteiger partial charge >= 0.3 is 0 Å². The van der Waals surface area contributed by atoms with Crippen molar-refractivity contribution in [3.8, 4) is 11.6 Å². The van der Waals surface area contributed by atoms with Crippen LogP contribution in [0.15, 0.2) is 24.5 Å². The average Bonchev–Trinajstić information content (AvgIpc) is 2.23. The first-order valence-corrected chi connectivity index (χ1v) is 5.87. The Bertz CT molecular complexity index is 539. The summed E-state index contributed by atoms with van der Waals surface area (Å²) >= 11 is 23.4. The minimum atomic E-state index is 0.198. The smallest absolute Gasteiger partial charge is 0.239 e. The molecule has 0 saturated heterocycles. The summed E-state index contributed by atoms with van der Waals surface area (Å²) in [5.41, 5.74) is 0. The molecule has 2 aromatic rings. The van der Waals surface area contributed by atoms with Crippen LogP contribution >= 0.6 is 46.4 Å². The van der Waals surface area contributed by atoms with E-state index in [1.807, 2.05) is 0 Å². The Morgan fingerprint density at radius 3 is 2.18 bits per heavy atom. The molecule has 0 N–H and O–H groups in total. The van der Waals surface area contributed by atoms with Gasteiger partial charge in [-0.15, -0.1) is 0 Å². The minimum Gasteiger partial charge on any atom is -0.434 e. The molecule has 0 bridgehead atoms. The number of ether oxygens (including phenoxy) is 1. The number of hydrogen-bond donors (Lipinski definition) is 0. The van der Waals surface area contributed by atoms with E-state index in [0.29, 0.717) is 5.02 Å². The first-order valence-electron chi connectivity index (χ1n) is 4.36. The molecule has 0 aliphatic carbocycles. The Labute approximate surface area is 117 Å². The number of halogens is 4. The zero-order chi connectivity index (χ0) is 12.4. The maximum Gasteiger partial charge on any atom is 0.239 e. The van der Waals surface area contributed by atoms with Crippen LogP contribution in [0.3, 0.4) is 0 Å². The lowest BCUT2D eigenvalue weighted by Gasteiger charge is -2.08. The van der Waals surface area contributed by atoms with Gasteiger partial charge in [0, 0.05) is 5.02 Å². The molecular weight excluding hydrogens is 306 g/mol. The highest BCUT2D eigenvalue weighted by Gasteiger charge is 2.11. The molecule has 17 heavy (non-hydrogen) atoms. The van der Waals surface area contributed by atoms with Crippen LogP contribution in [-0.2, 0) is 0 Å². The summed E-state index contributed by atoms with van der Waals surface area (Å²) in [6, 6.07) is 3.03. The van der Waals surface area contributed by atoms with Gasteiger partial charge in [-0.3, -0.25) is 4.98 Å². The Kier molecular flexibility index (Phi) is 3.94. The van der Waals surface area contributed by atoms with Crippen molar-refractivity contribution in [1.29, 1.82) is 0 Å². The average molecular weight is 310 g/mol. The highest BCUT2D eigenvalue weighted by Crippen LogP contribution is 2.38. The van der Waals surface area contributed by atoms with Crippen LogP contribution < -0.4 is 4.74 Å². The van der Waals surface area contributed by atoms with Gasteiger partial charge < -0.3 is 4.74 Å². The summed E-state index contributed by atoms with van der Waals surface area (Å²) < 4.78 is 5.40. The van der Waals surface area contributed by atoms with Gasteiger partial charge in [-0.25, -0.2) is 0 Å². The molecule has 0 spiro atoms. The Morgan fingerprint density at radius 2 is 1.59 bits per heavy atom. The van der Waals surface area contributed by atoms with Crippen LogP contribution in [0.5, 0.6) is 11.6 Å². The fourth-order valence-electron chi connectivity index (χ4n) is 1.11. The molecule has 2 rings (SSSR count). The van der Waals surface area contributed by atoms with Crippen molar-refractivity contribution in [2.75, 3.05) is 0 Å². The zero-order valence-corrected chi connectivity index (χ0v) is 11.1. The number of rotatable bonds is 2. The van der Waals surface area contributed by atoms with Gasteiger partial charge in [0.25, 0.3) is 0 Å². The van der Waals surface area contributed by atoms with Crippen molar-refractivity contribution in [2.45, 2.75) is 0 Å². The van der Waals surface area contributed by atoms with E-state index in [2.05, 4.69) is 9.97 Å². The molecule has 88 valence electrons. The Balaban J connectivity index is 2.36. The zero-order valence-electron chi connectivity index (χ0n) is 8.12. The predicted octanol–water partition coefficient (Wildman–Crippen LogP) is 4.88. The first kappa shape index (κ1) is 12.7. The lowest BCUT2D eigenvalue weighted by molar-refractivity contribution is 0.460. The second-order valence-corrected chi connectivity index (χ2v) is 4.62. The monoisotopic (exact) mass is 308 g/mol. The van der Waals surface area contributed by atoms with Crippen LogP contribution in [0.4, 0.5) is 0 Å². The number of hydrogen-bond acceptors (Lipinski definition) is 3. The molecule has 0 atom stereocenters. The highest BCUT2D eigenvalue weighted by molar-refractivity contribution is 6.40. The van der Waals surface area contributed by atoms with Gasteiger partial charge in [-0.05, 0) is 12.1 Å². The summed E-state index contributed by atoms with van der Waals surface area (Å²) in [5, 5.41) is 1.20. The minimum absolute atomic E-state index is 0.198. The van der Waals surface area contributed by atoms with E-state index in [0.717, 1.165) is 0 Å². The van der Waals surface area contributed by atoms with Gasteiger partial charge in [0.2, 0.25) is 5.88 Å². The summed E-state index contributed by atoms with van der Waals surface area (Å²) in [7, 11) is 0. The van der Waals surface area contributed by atoms with Gasteiger partial charge in [-0.1, -0.05) is 46.4 Å². The third-order valence-electron chi connectivity index (χ3n) is 1.75. The quantitative estimate of drug-likeness (QED) is 0.792. The topological polar surface area (TPSA) is 35.0 Å². The summed E-state index contributed by atoms with van der Waals surface area (Å²) in [6.45, 7) is 0. The standard InChI is InChI=1S/C10H4Cl4N2O/c11-5-1-6(12)10(7(13)2-5)17-9-4-15-3-8(14)16-9/h1-4H. The van der Waals surface area contributed by atoms with Crippen LogP contribution in [-0.4, -0.2) is 9.97 Å². The first-order chi connectivity index (χ1) is 8.06. The van der Waals surface area contributed by atoms with Crippen molar-refractivity contribution in [3.63, 3.8) is 0 Å². The highest BCUT2D eigenvalue weighted by atomic mass is 35.5. The van der Waals surface area contributed by atoms with Crippen molar-refractivity contribution in [3.05, 3.63) is 44.7 Å². The molecule has 0 saturated carbocycles. The van der Waals surface area contributed by atoms with Crippen LogP contribution in [0, 0.1) is 0 Å². The molecule has 1 aromatic heterocycles. The molecule has 1 aromatic carbocycles. The molecule has 0 amide bonds. The Morgan fingerprint density at radius 1 is 0.941 bits per heavy atom. The van der Waals surface area contributed by atoms with Gasteiger partial charge in [0.1, 0.15) is 0 Å². The number of nitrogens with zero attached hydrogens (tertiary/aromatic N) is 2. The van der Waals surface area contributed by atoms with Crippen LogP contribution in [0.25, 0.3) is 0 Å². The van der Waals surface area contributed by atoms with Gasteiger partial charge in [-0.2, -0.15) is 4.98 Å². The number of aromatic nitrogens is 2. The predicted molar refractivity (Wildman–Crippen MR) is 68.6 cm³/mol. The number of benzene rings is 1. The van der Waals surface area contributed by atoms with E-state index in [9.17, 15) is 0 Å². The van der Waals surface area contributed by atoms with Gasteiger partial charge in [0.15, 0.2) is 10.9 Å². The second-order valence-electron chi connectivity index (χ2n) is 2.98. The largest absolute Gasteiger partial charge is 0.434 e.